The largest absolute Gasteiger partial charge is 0.465 e. The molecule has 3 rings (SSSR count). The van der Waals surface area contributed by atoms with E-state index in [9.17, 15) is 14.4 Å². The van der Waals surface area contributed by atoms with Crippen molar-refractivity contribution in [2.24, 2.45) is 0 Å². The van der Waals surface area contributed by atoms with Gasteiger partial charge in [0.1, 0.15) is 0 Å². The first kappa shape index (κ1) is 15.3. The number of nitrogens with zero attached hydrogens (tertiary/aromatic N) is 3. The monoisotopic (exact) mass is 335 g/mol. The smallest absolute Gasteiger partial charge is 0.404 e. The summed E-state index contributed by atoms with van der Waals surface area (Å²) in [5, 5.41) is 13.0. The van der Waals surface area contributed by atoms with Crippen molar-refractivity contribution in [2.45, 2.75) is 12.5 Å². The van der Waals surface area contributed by atoms with Crippen LogP contribution < -0.4 is 15.5 Å². The number of carboxylic acid groups (broad SMARTS) is 1. The highest BCUT2D eigenvalue weighted by Crippen LogP contribution is 2.25. The molecule has 0 radical (unpaired) electrons. The molecule has 3 N–H and O–H groups in total. The van der Waals surface area contributed by atoms with E-state index in [-0.39, 0.29) is 10.9 Å². The van der Waals surface area contributed by atoms with Crippen LogP contribution in [0, 0.1) is 0 Å². The summed E-state index contributed by atoms with van der Waals surface area (Å²) >= 11 is 0.826. The summed E-state index contributed by atoms with van der Waals surface area (Å²) in [6.45, 7) is 1.12. The van der Waals surface area contributed by atoms with E-state index in [1.54, 1.807) is 12.3 Å². The number of carbonyl (C=O) groups is 3. The summed E-state index contributed by atoms with van der Waals surface area (Å²) in [7, 11) is 0. The number of nitrogens with one attached hydrogen (secondary N) is 2. The fraction of sp³-hybridized carbons (Fsp3) is 0.308. The molecule has 120 valence electrons. The summed E-state index contributed by atoms with van der Waals surface area (Å²) in [5.41, 5.74) is 0.511. The predicted molar refractivity (Wildman–Crippen MR) is 82.9 cm³/mol. The van der Waals surface area contributed by atoms with E-state index >= 15 is 0 Å². The number of imide groups is 1. The molecule has 0 saturated carbocycles. The molecule has 0 bridgehead atoms. The second kappa shape index (κ2) is 6.24. The Balaban J connectivity index is 1.73. The highest BCUT2D eigenvalue weighted by molar-refractivity contribution is 8.18. The molecule has 3 amide bonds. The number of hydrogen-bond donors (Lipinski definition) is 3. The molecule has 0 spiro atoms. The number of hydrogen-bond acceptors (Lipinski definition) is 7. The summed E-state index contributed by atoms with van der Waals surface area (Å²) in [5.74, 6) is 0.0239. The fourth-order valence-corrected chi connectivity index (χ4v) is 3.05. The van der Waals surface area contributed by atoms with E-state index in [0.29, 0.717) is 31.2 Å². The fourth-order valence-electron chi connectivity index (χ4n) is 2.38. The number of thioether (sulfide) groups is 1. The Morgan fingerprint density at radius 2 is 2.35 bits per heavy atom. The van der Waals surface area contributed by atoms with E-state index in [1.165, 1.54) is 6.08 Å². The van der Waals surface area contributed by atoms with Crippen LogP contribution in [0.5, 0.6) is 0 Å². The van der Waals surface area contributed by atoms with Crippen LogP contribution in [-0.2, 0) is 4.79 Å². The van der Waals surface area contributed by atoms with Gasteiger partial charge in [0.15, 0.2) is 0 Å². The van der Waals surface area contributed by atoms with Crippen LogP contribution in [0.1, 0.15) is 12.1 Å². The van der Waals surface area contributed by atoms with E-state index in [4.69, 9.17) is 5.11 Å². The average Bonchev–Trinajstić information content (AvgIpc) is 3.06. The molecule has 9 nitrogen and oxygen atoms in total. The molecule has 1 aromatic heterocycles. The lowest BCUT2D eigenvalue weighted by atomic mass is 10.3. The molecule has 10 heteroatoms. The van der Waals surface area contributed by atoms with Crippen molar-refractivity contribution >= 4 is 41.0 Å². The number of aromatic nitrogens is 2. The Kier molecular flexibility index (Phi) is 4.15. The van der Waals surface area contributed by atoms with E-state index < -0.39 is 17.2 Å². The van der Waals surface area contributed by atoms with Gasteiger partial charge in [-0.15, -0.1) is 0 Å². The second-order valence-electron chi connectivity index (χ2n) is 5.01. The minimum atomic E-state index is -1.05. The second-order valence-corrected chi connectivity index (χ2v) is 6.03. The SMILES string of the molecule is O=C(O)NC1CCN(c2nccc(C=C3SC(=O)NC3=O)n2)C1. The van der Waals surface area contributed by atoms with Gasteiger partial charge in [-0.3, -0.25) is 14.9 Å². The van der Waals surface area contributed by atoms with Gasteiger partial charge in [-0.1, -0.05) is 0 Å². The number of rotatable bonds is 3. The van der Waals surface area contributed by atoms with Gasteiger partial charge in [0, 0.05) is 19.3 Å². The Morgan fingerprint density at radius 3 is 3.04 bits per heavy atom. The van der Waals surface area contributed by atoms with Crippen molar-refractivity contribution in [1.29, 1.82) is 0 Å². The first-order valence-corrected chi connectivity index (χ1v) is 7.65. The molecular formula is C13H13N5O4S. The quantitative estimate of drug-likeness (QED) is 0.688. The van der Waals surface area contributed by atoms with Gasteiger partial charge in [0.2, 0.25) is 5.95 Å². The molecule has 0 aromatic carbocycles. The topological polar surface area (TPSA) is 125 Å². The summed E-state index contributed by atoms with van der Waals surface area (Å²) in [6, 6.07) is 1.47. The maximum Gasteiger partial charge on any atom is 0.404 e. The van der Waals surface area contributed by atoms with Crippen molar-refractivity contribution in [3.63, 3.8) is 0 Å². The van der Waals surface area contributed by atoms with Crippen LogP contribution in [-0.4, -0.2) is 51.4 Å². The van der Waals surface area contributed by atoms with Gasteiger partial charge in [0.05, 0.1) is 16.6 Å². The van der Waals surface area contributed by atoms with E-state index in [1.807, 2.05) is 4.90 Å². The molecule has 1 aromatic rings. The Bertz CT molecular complexity index is 707. The normalized spacial score (nSPS) is 22.5. The van der Waals surface area contributed by atoms with Gasteiger partial charge in [-0.2, -0.15) is 0 Å². The average molecular weight is 335 g/mol. The van der Waals surface area contributed by atoms with Gasteiger partial charge < -0.3 is 15.3 Å². The Morgan fingerprint density at radius 1 is 1.52 bits per heavy atom. The summed E-state index contributed by atoms with van der Waals surface area (Å²) < 4.78 is 0. The van der Waals surface area contributed by atoms with Crippen LogP contribution in [0.4, 0.5) is 15.5 Å². The van der Waals surface area contributed by atoms with Crippen molar-refractivity contribution in [3.8, 4) is 0 Å². The van der Waals surface area contributed by atoms with Crippen molar-refractivity contribution < 1.29 is 19.5 Å². The summed E-state index contributed by atoms with van der Waals surface area (Å²) in [4.78, 5) is 44.0. The molecule has 3 heterocycles. The predicted octanol–water partition coefficient (Wildman–Crippen LogP) is 0.647. The lowest BCUT2D eigenvalue weighted by Crippen LogP contribution is -2.36. The van der Waals surface area contributed by atoms with Crippen molar-refractivity contribution in [2.75, 3.05) is 18.0 Å². The number of amides is 3. The standard InChI is InChI=1S/C13H13N5O4S/c19-10-9(23-13(22)17-10)5-7-1-3-14-11(15-7)18-4-2-8(6-18)16-12(20)21/h1,3,5,8,16H,2,4,6H2,(H,20,21)(H,17,19,22). The van der Waals surface area contributed by atoms with E-state index in [0.717, 1.165) is 11.8 Å². The Hall–Kier alpha value is -2.62. The first-order valence-electron chi connectivity index (χ1n) is 6.83. The van der Waals surface area contributed by atoms with Crippen LogP contribution >= 0.6 is 11.8 Å². The third-order valence-electron chi connectivity index (χ3n) is 3.38. The van der Waals surface area contributed by atoms with E-state index in [2.05, 4.69) is 20.6 Å². The zero-order valence-corrected chi connectivity index (χ0v) is 12.7. The Labute approximate surface area is 135 Å². The number of anilines is 1. The van der Waals surface area contributed by atoms with Crippen molar-refractivity contribution in [1.82, 2.24) is 20.6 Å². The summed E-state index contributed by atoms with van der Waals surface area (Å²) in [6.07, 6.45) is 2.71. The minimum absolute atomic E-state index is 0.160. The zero-order valence-electron chi connectivity index (χ0n) is 11.9. The third-order valence-corrected chi connectivity index (χ3v) is 4.19. The molecule has 1 atom stereocenters. The molecule has 23 heavy (non-hydrogen) atoms. The molecule has 2 fully saturated rings. The number of carbonyl (C=O) groups excluding carboxylic acids is 2. The maximum absolute atomic E-state index is 11.5. The molecule has 1 unspecified atom stereocenters. The van der Waals surface area contributed by atoms with Crippen LogP contribution in [0.25, 0.3) is 6.08 Å². The molecule has 2 aliphatic heterocycles. The highest BCUT2D eigenvalue weighted by Gasteiger charge is 2.27. The molecule has 0 aliphatic carbocycles. The van der Waals surface area contributed by atoms with Gasteiger partial charge in [0.25, 0.3) is 11.1 Å². The molecular weight excluding hydrogens is 322 g/mol. The molecule has 2 aliphatic rings. The maximum atomic E-state index is 11.5. The van der Waals surface area contributed by atoms with Crippen LogP contribution in [0.15, 0.2) is 17.2 Å². The first-order chi connectivity index (χ1) is 11.0. The minimum Gasteiger partial charge on any atom is -0.465 e. The van der Waals surface area contributed by atoms with Crippen LogP contribution in [0.3, 0.4) is 0 Å². The van der Waals surface area contributed by atoms with Gasteiger partial charge in [-0.05, 0) is 30.3 Å². The third kappa shape index (κ3) is 3.59. The van der Waals surface area contributed by atoms with Gasteiger partial charge >= 0.3 is 6.09 Å². The lowest BCUT2D eigenvalue weighted by Gasteiger charge is -2.16. The lowest BCUT2D eigenvalue weighted by molar-refractivity contribution is -0.115. The zero-order chi connectivity index (χ0) is 16.4. The highest BCUT2D eigenvalue weighted by atomic mass is 32.2. The van der Waals surface area contributed by atoms with Gasteiger partial charge in [-0.25, -0.2) is 14.8 Å². The van der Waals surface area contributed by atoms with Crippen LogP contribution in [0.2, 0.25) is 0 Å². The molecule has 2 saturated heterocycles. The van der Waals surface area contributed by atoms with Crippen molar-refractivity contribution in [3.05, 3.63) is 22.9 Å².